The second-order valence-electron chi connectivity index (χ2n) is 9.18. The third kappa shape index (κ3) is 2.19. The van der Waals surface area contributed by atoms with Gasteiger partial charge in [0.05, 0.1) is 0 Å². The molecule has 0 saturated heterocycles. The minimum atomic E-state index is 0.249. The zero-order valence-electron chi connectivity index (χ0n) is 15.2. The molecule has 0 aromatic carbocycles. The third-order valence-electron chi connectivity index (χ3n) is 8.34. The van der Waals surface area contributed by atoms with Crippen molar-refractivity contribution in [1.29, 1.82) is 0 Å². The summed E-state index contributed by atoms with van der Waals surface area (Å²) >= 11 is 4.00. The number of rotatable bonds is 2. The number of fused-ring (bicyclic) bond motifs is 5. The topological polar surface area (TPSA) is 26.3 Å². The van der Waals surface area contributed by atoms with Gasteiger partial charge in [-0.2, -0.15) is 0 Å². The number of thiol groups is 1. The molecule has 0 amide bonds. The van der Waals surface area contributed by atoms with Crippen LogP contribution in [0.2, 0.25) is 0 Å². The van der Waals surface area contributed by atoms with Crippen LogP contribution in [0.3, 0.4) is 0 Å². The molecule has 2 saturated carbocycles. The number of allylic oxidation sites excluding steroid dienone is 4. The lowest BCUT2D eigenvalue weighted by molar-refractivity contribution is -0.127. The highest BCUT2D eigenvalue weighted by atomic mass is 32.1. The maximum atomic E-state index is 12.2. The summed E-state index contributed by atoms with van der Waals surface area (Å²) in [4.78, 5) is 12.2. The van der Waals surface area contributed by atoms with Crippen molar-refractivity contribution in [2.24, 2.45) is 34.5 Å². The van der Waals surface area contributed by atoms with Crippen LogP contribution in [0.25, 0.3) is 0 Å². The summed E-state index contributed by atoms with van der Waals surface area (Å²) < 4.78 is 5.22. The molecule has 0 spiro atoms. The molecule has 3 heteroatoms. The van der Waals surface area contributed by atoms with Gasteiger partial charge in [0, 0.05) is 25.2 Å². The van der Waals surface area contributed by atoms with E-state index in [0.717, 1.165) is 36.4 Å². The smallest absolute Gasteiger partial charge is 0.133 e. The van der Waals surface area contributed by atoms with Crippen LogP contribution in [0, 0.1) is 34.5 Å². The summed E-state index contributed by atoms with van der Waals surface area (Å²) in [6.45, 7) is 6.71. The first-order valence-corrected chi connectivity index (χ1v) is 10.00. The molecule has 0 unspecified atom stereocenters. The molecule has 6 atom stereocenters. The molecule has 4 aliphatic rings. The van der Waals surface area contributed by atoms with Crippen molar-refractivity contribution in [3.8, 4) is 0 Å². The van der Waals surface area contributed by atoms with E-state index in [-0.39, 0.29) is 10.8 Å². The Kier molecular flexibility index (Phi) is 3.95. The average molecular weight is 347 g/mol. The maximum Gasteiger partial charge on any atom is 0.133 e. The van der Waals surface area contributed by atoms with Crippen LogP contribution in [0.4, 0.5) is 0 Å². The van der Waals surface area contributed by atoms with Gasteiger partial charge < -0.3 is 4.18 Å². The summed E-state index contributed by atoms with van der Waals surface area (Å²) in [5.74, 6) is 3.99. The Labute approximate surface area is 151 Å². The first-order valence-electron chi connectivity index (χ1n) is 9.63. The highest BCUT2D eigenvalue weighted by Gasteiger charge is 2.58. The van der Waals surface area contributed by atoms with Crippen LogP contribution in [0.1, 0.15) is 65.7 Å². The van der Waals surface area contributed by atoms with Crippen LogP contribution >= 0.6 is 12.9 Å². The fourth-order valence-corrected chi connectivity index (χ4v) is 7.18. The van der Waals surface area contributed by atoms with E-state index in [9.17, 15) is 4.79 Å². The van der Waals surface area contributed by atoms with Gasteiger partial charge in [-0.15, -0.1) is 0 Å². The van der Waals surface area contributed by atoms with Crippen LogP contribution < -0.4 is 0 Å². The monoisotopic (exact) mass is 346 g/mol. The third-order valence-corrected chi connectivity index (χ3v) is 8.57. The molecule has 0 aromatic heterocycles. The summed E-state index contributed by atoms with van der Waals surface area (Å²) in [5, 5.41) is 0. The Morgan fingerprint density at radius 2 is 2.00 bits per heavy atom. The van der Waals surface area contributed by atoms with E-state index in [2.05, 4.69) is 38.9 Å². The molecule has 0 radical (unpaired) electrons. The van der Waals surface area contributed by atoms with Crippen molar-refractivity contribution in [3.63, 3.8) is 0 Å². The van der Waals surface area contributed by atoms with Gasteiger partial charge in [-0.1, -0.05) is 19.9 Å². The lowest BCUT2D eigenvalue weighted by atomic mass is 9.48. The fraction of sp³-hybridized carbons (Fsp3) is 0.762. The molecule has 0 bridgehead atoms. The van der Waals surface area contributed by atoms with E-state index >= 15 is 0 Å². The van der Waals surface area contributed by atoms with Crippen molar-refractivity contribution in [1.82, 2.24) is 0 Å². The molecule has 2 nitrogen and oxygen atoms in total. The van der Waals surface area contributed by atoms with E-state index < -0.39 is 0 Å². The Balaban J connectivity index is 1.68. The molecule has 24 heavy (non-hydrogen) atoms. The standard InChI is InChI=1S/C21H30O2S/c1-13(22)17-6-7-18-16-5-4-14-12-15(23-24)8-10-20(14,2)19(16)9-11-21(17,18)3/h4,12,16-19,24H,5-11H2,1-3H3/t16-,17+,18-,19-,20-,21+/m0/s1. The first kappa shape index (κ1) is 16.8. The van der Waals surface area contributed by atoms with Gasteiger partial charge in [-0.25, -0.2) is 0 Å². The minimum Gasteiger partial charge on any atom is -0.433 e. The molecular formula is C21H30O2S. The number of hydrogen-bond acceptors (Lipinski definition) is 3. The first-order chi connectivity index (χ1) is 11.4. The van der Waals surface area contributed by atoms with Crippen molar-refractivity contribution in [3.05, 3.63) is 23.5 Å². The molecule has 4 rings (SSSR count). The highest BCUT2D eigenvalue weighted by molar-refractivity contribution is 7.75. The Bertz CT molecular complexity index is 621. The highest BCUT2D eigenvalue weighted by Crippen LogP contribution is 2.66. The number of ketones is 1. The van der Waals surface area contributed by atoms with Crippen molar-refractivity contribution in [2.75, 3.05) is 0 Å². The minimum absolute atomic E-state index is 0.249. The lowest BCUT2D eigenvalue weighted by Gasteiger charge is -2.56. The second kappa shape index (κ2) is 5.65. The van der Waals surface area contributed by atoms with Gasteiger partial charge in [-0.05, 0) is 85.7 Å². The predicted octanol–water partition coefficient (Wildman–Crippen LogP) is 5.51. The van der Waals surface area contributed by atoms with Gasteiger partial charge in [0.2, 0.25) is 0 Å². The van der Waals surface area contributed by atoms with E-state index in [1.54, 1.807) is 0 Å². The SMILES string of the molecule is CC(=O)[C@H]1CC[C@H]2[C@@H]3CC=C4C=C(OS)CC[C@]4(C)[C@H]3CC[C@]12C. The van der Waals surface area contributed by atoms with Crippen molar-refractivity contribution >= 4 is 18.7 Å². The lowest BCUT2D eigenvalue weighted by Crippen LogP contribution is -2.49. The largest absolute Gasteiger partial charge is 0.433 e. The molecule has 2 fully saturated rings. The van der Waals surface area contributed by atoms with Crippen molar-refractivity contribution < 1.29 is 8.98 Å². The zero-order valence-corrected chi connectivity index (χ0v) is 16.1. The molecule has 0 heterocycles. The van der Waals surface area contributed by atoms with Gasteiger partial charge in [-0.3, -0.25) is 4.79 Å². The van der Waals surface area contributed by atoms with Crippen LogP contribution in [0.5, 0.6) is 0 Å². The van der Waals surface area contributed by atoms with Crippen LogP contribution in [0.15, 0.2) is 23.5 Å². The van der Waals surface area contributed by atoms with Crippen molar-refractivity contribution in [2.45, 2.75) is 65.7 Å². The van der Waals surface area contributed by atoms with Crippen LogP contribution in [-0.2, 0) is 8.98 Å². The molecule has 4 aliphatic carbocycles. The van der Waals surface area contributed by atoms with Gasteiger partial charge in [0.1, 0.15) is 11.5 Å². The van der Waals surface area contributed by atoms with E-state index in [4.69, 9.17) is 4.18 Å². The normalized spacial score (nSPS) is 47.0. The molecule has 132 valence electrons. The quantitative estimate of drug-likeness (QED) is 0.527. The summed E-state index contributed by atoms with van der Waals surface area (Å²) in [5.41, 5.74) is 2.01. The molecular weight excluding hydrogens is 316 g/mol. The Hall–Kier alpha value is -0.700. The molecule has 0 N–H and O–H groups in total. The van der Waals surface area contributed by atoms with Gasteiger partial charge >= 0.3 is 0 Å². The number of hydrogen-bond donors (Lipinski definition) is 1. The maximum absolute atomic E-state index is 12.2. The zero-order chi connectivity index (χ0) is 17.1. The van der Waals surface area contributed by atoms with E-state index in [0.29, 0.717) is 11.7 Å². The van der Waals surface area contributed by atoms with Crippen LogP contribution in [-0.4, -0.2) is 5.78 Å². The number of Topliss-reactive ketones (excluding diaryl/α,β-unsaturated/α-hetero) is 1. The summed E-state index contributed by atoms with van der Waals surface area (Å²) in [7, 11) is 0. The van der Waals surface area contributed by atoms with E-state index in [1.165, 1.54) is 37.7 Å². The average Bonchev–Trinajstić information content (AvgIpc) is 2.91. The predicted molar refractivity (Wildman–Crippen MR) is 99.4 cm³/mol. The Morgan fingerprint density at radius 3 is 2.71 bits per heavy atom. The Morgan fingerprint density at radius 1 is 1.21 bits per heavy atom. The molecule has 0 aromatic rings. The van der Waals surface area contributed by atoms with Gasteiger partial charge in [0.25, 0.3) is 0 Å². The van der Waals surface area contributed by atoms with Gasteiger partial charge in [0.15, 0.2) is 0 Å². The van der Waals surface area contributed by atoms with E-state index in [1.807, 2.05) is 6.92 Å². The summed E-state index contributed by atoms with van der Waals surface area (Å²) in [6.07, 6.45) is 12.9. The number of carbonyl (C=O) groups is 1. The molecule has 0 aliphatic heterocycles. The fourth-order valence-electron chi connectivity index (χ4n) is 7.04. The number of carbonyl (C=O) groups excluding carboxylic acids is 1. The second-order valence-corrected chi connectivity index (χ2v) is 9.36. The summed E-state index contributed by atoms with van der Waals surface area (Å²) in [6, 6.07) is 0.